The molecule has 3 nitrogen and oxygen atoms in total. The van der Waals surface area contributed by atoms with Gasteiger partial charge in [0.15, 0.2) is 0 Å². The zero-order chi connectivity index (χ0) is 14.9. The number of para-hydroxylation sites is 1. The van der Waals surface area contributed by atoms with Gasteiger partial charge in [0.25, 0.3) is 0 Å². The van der Waals surface area contributed by atoms with Gasteiger partial charge in [0.05, 0.1) is 5.41 Å². The zero-order valence-electron chi connectivity index (χ0n) is 12.8. The lowest BCUT2D eigenvalue weighted by molar-refractivity contribution is -0.105. The van der Waals surface area contributed by atoms with Gasteiger partial charge in [-0.25, -0.2) is 0 Å². The van der Waals surface area contributed by atoms with Crippen LogP contribution >= 0.6 is 0 Å². The second kappa shape index (κ2) is 4.11. The third kappa shape index (κ3) is 1.25. The van der Waals surface area contributed by atoms with Crippen molar-refractivity contribution < 1.29 is 4.79 Å². The number of carbonyl (C=O) groups excluding carboxylic acids is 1. The summed E-state index contributed by atoms with van der Waals surface area (Å²) >= 11 is 0. The molecule has 0 amide bonds. The van der Waals surface area contributed by atoms with Crippen molar-refractivity contribution in [2.75, 3.05) is 18.4 Å². The van der Waals surface area contributed by atoms with Crippen molar-refractivity contribution in [3.8, 4) is 0 Å². The lowest BCUT2D eigenvalue weighted by atomic mass is 9.62. The number of fused-ring (bicyclic) bond motifs is 2. The highest BCUT2D eigenvalue weighted by Crippen LogP contribution is 2.60. The summed E-state index contributed by atoms with van der Waals surface area (Å²) in [5.41, 5.74) is 6.25. The number of anilines is 1. The Hall–Kier alpha value is -1.87. The van der Waals surface area contributed by atoms with Crippen molar-refractivity contribution in [1.29, 1.82) is 0 Å². The summed E-state index contributed by atoms with van der Waals surface area (Å²) in [7, 11) is 0. The minimum absolute atomic E-state index is 0.0304. The van der Waals surface area contributed by atoms with E-state index in [9.17, 15) is 4.79 Å². The first-order valence-electron chi connectivity index (χ1n) is 8.25. The molecule has 0 aromatic heterocycles. The van der Waals surface area contributed by atoms with E-state index in [1.54, 1.807) is 0 Å². The van der Waals surface area contributed by atoms with E-state index in [1.807, 2.05) is 0 Å². The third-order valence-electron chi connectivity index (χ3n) is 6.37. The largest absolute Gasteiger partial charge is 0.358 e. The molecular formula is C19H20N2O. The number of allylic oxidation sites excluding steroid dienone is 2. The molecule has 1 spiro atoms. The maximum absolute atomic E-state index is 11.9. The monoisotopic (exact) mass is 292 g/mol. The van der Waals surface area contributed by atoms with Crippen molar-refractivity contribution in [2.24, 2.45) is 5.92 Å². The van der Waals surface area contributed by atoms with E-state index in [-0.39, 0.29) is 5.41 Å². The number of aldehydes is 1. The quantitative estimate of drug-likeness (QED) is 0.638. The molecule has 1 aromatic carbocycles. The predicted molar refractivity (Wildman–Crippen MR) is 86.7 cm³/mol. The summed E-state index contributed by atoms with van der Waals surface area (Å²) in [5, 5.41) is 3.62. The SMILES string of the molecule is C/C=C1/CN2CCC34C(=C(C=O)[C@H]1C[C@H]23)Nc1ccccc14. The van der Waals surface area contributed by atoms with E-state index in [2.05, 4.69) is 47.5 Å². The Morgan fingerprint density at radius 3 is 3.05 bits per heavy atom. The number of hydrogen-bond donors (Lipinski definition) is 1. The van der Waals surface area contributed by atoms with Gasteiger partial charge in [-0.15, -0.1) is 0 Å². The van der Waals surface area contributed by atoms with Crippen LogP contribution in [-0.4, -0.2) is 30.3 Å². The van der Waals surface area contributed by atoms with Crippen LogP contribution in [0.25, 0.3) is 0 Å². The topological polar surface area (TPSA) is 32.3 Å². The molecule has 2 fully saturated rings. The molecule has 1 N–H and O–H groups in total. The first-order valence-corrected chi connectivity index (χ1v) is 8.25. The molecule has 3 heterocycles. The molecule has 112 valence electrons. The molecule has 0 radical (unpaired) electrons. The average Bonchev–Trinajstić information content (AvgIpc) is 3.11. The van der Waals surface area contributed by atoms with Gasteiger partial charge in [-0.1, -0.05) is 29.8 Å². The third-order valence-corrected chi connectivity index (χ3v) is 6.37. The van der Waals surface area contributed by atoms with E-state index in [1.165, 1.54) is 22.5 Å². The van der Waals surface area contributed by atoms with E-state index in [0.29, 0.717) is 12.0 Å². The fourth-order valence-electron chi connectivity index (χ4n) is 5.44. The molecule has 1 unspecified atom stereocenters. The molecule has 1 aromatic rings. The Bertz CT molecular complexity index is 748. The van der Waals surface area contributed by atoms with Crippen molar-refractivity contribution >= 4 is 12.0 Å². The van der Waals surface area contributed by atoms with Crippen LogP contribution in [0.2, 0.25) is 0 Å². The number of rotatable bonds is 1. The molecule has 2 bridgehead atoms. The van der Waals surface area contributed by atoms with Crippen LogP contribution in [0, 0.1) is 5.92 Å². The fourth-order valence-corrected chi connectivity index (χ4v) is 5.44. The Kier molecular flexibility index (Phi) is 2.36. The number of carbonyl (C=O) groups is 1. The van der Waals surface area contributed by atoms with Gasteiger partial charge in [-0.2, -0.15) is 0 Å². The molecule has 3 heteroatoms. The maximum Gasteiger partial charge on any atom is 0.148 e. The molecule has 3 atom stereocenters. The van der Waals surface area contributed by atoms with Gasteiger partial charge in [0.2, 0.25) is 0 Å². The molecule has 22 heavy (non-hydrogen) atoms. The minimum atomic E-state index is 0.0304. The lowest BCUT2D eigenvalue weighted by Gasteiger charge is -2.48. The van der Waals surface area contributed by atoms with Crippen molar-refractivity contribution in [3.05, 3.63) is 52.7 Å². The molecule has 5 rings (SSSR count). The van der Waals surface area contributed by atoms with Crippen molar-refractivity contribution in [1.82, 2.24) is 4.90 Å². The summed E-state index contributed by atoms with van der Waals surface area (Å²) in [6, 6.07) is 9.16. The predicted octanol–water partition coefficient (Wildman–Crippen LogP) is 2.86. The van der Waals surface area contributed by atoms with Crippen LogP contribution in [0.5, 0.6) is 0 Å². The van der Waals surface area contributed by atoms with Crippen LogP contribution in [0.3, 0.4) is 0 Å². The number of hydrogen-bond acceptors (Lipinski definition) is 3. The minimum Gasteiger partial charge on any atom is -0.358 e. The molecular weight excluding hydrogens is 272 g/mol. The van der Waals surface area contributed by atoms with Crippen LogP contribution in [0.1, 0.15) is 25.3 Å². The molecule has 1 aliphatic carbocycles. The Labute approximate surface area is 130 Å². The highest BCUT2D eigenvalue weighted by atomic mass is 16.1. The summed E-state index contributed by atoms with van der Waals surface area (Å²) in [6.07, 6.45) is 5.55. The Morgan fingerprint density at radius 1 is 1.36 bits per heavy atom. The number of piperidine rings is 1. The highest BCUT2D eigenvalue weighted by Gasteiger charge is 2.60. The van der Waals surface area contributed by atoms with Crippen LogP contribution in [0.4, 0.5) is 5.69 Å². The lowest BCUT2D eigenvalue weighted by Crippen LogP contribution is -2.52. The van der Waals surface area contributed by atoms with Crippen LogP contribution in [-0.2, 0) is 10.2 Å². The van der Waals surface area contributed by atoms with E-state index in [0.717, 1.165) is 37.8 Å². The van der Waals surface area contributed by atoms with Crippen LogP contribution < -0.4 is 5.32 Å². The number of benzene rings is 1. The normalized spacial score (nSPS) is 37.0. The molecule has 0 saturated carbocycles. The van der Waals surface area contributed by atoms with Gasteiger partial charge in [-0.3, -0.25) is 9.69 Å². The van der Waals surface area contributed by atoms with Gasteiger partial charge < -0.3 is 5.32 Å². The standard InChI is InChI=1S/C19H20N2O/c1-2-12-10-21-8-7-19-15-5-3-4-6-16(15)20-18(19)14(11-22)13(12)9-17(19)21/h2-6,11,13,17,20H,7-10H2,1H3/b12-2-/t13-,17-,19?/m0/s1. The first-order chi connectivity index (χ1) is 10.8. The average molecular weight is 292 g/mol. The smallest absolute Gasteiger partial charge is 0.148 e. The van der Waals surface area contributed by atoms with Gasteiger partial charge in [0.1, 0.15) is 6.29 Å². The molecule has 2 saturated heterocycles. The number of nitrogens with zero attached hydrogens (tertiary/aromatic N) is 1. The van der Waals surface area contributed by atoms with Gasteiger partial charge >= 0.3 is 0 Å². The highest BCUT2D eigenvalue weighted by molar-refractivity contribution is 5.84. The summed E-state index contributed by atoms with van der Waals surface area (Å²) < 4.78 is 0. The van der Waals surface area contributed by atoms with E-state index in [4.69, 9.17) is 0 Å². The Balaban J connectivity index is 1.83. The fraction of sp³-hybridized carbons (Fsp3) is 0.421. The summed E-state index contributed by atoms with van der Waals surface area (Å²) in [6.45, 7) is 4.26. The molecule has 3 aliphatic heterocycles. The van der Waals surface area contributed by atoms with Crippen LogP contribution in [0.15, 0.2) is 47.2 Å². The van der Waals surface area contributed by atoms with Gasteiger partial charge in [-0.05, 0) is 31.4 Å². The maximum atomic E-state index is 11.9. The Morgan fingerprint density at radius 2 is 2.23 bits per heavy atom. The number of nitrogens with one attached hydrogen (secondary N) is 1. The van der Waals surface area contributed by atoms with Crippen molar-refractivity contribution in [3.63, 3.8) is 0 Å². The first kappa shape index (κ1) is 12.7. The second-order valence-electron chi connectivity index (χ2n) is 6.98. The van der Waals surface area contributed by atoms with Crippen molar-refractivity contribution in [2.45, 2.75) is 31.2 Å². The summed E-state index contributed by atoms with van der Waals surface area (Å²) in [5.74, 6) is 0.312. The second-order valence-corrected chi connectivity index (χ2v) is 6.98. The molecule has 4 aliphatic rings. The van der Waals surface area contributed by atoms with Gasteiger partial charge in [0, 0.05) is 42.0 Å². The van der Waals surface area contributed by atoms with E-state index >= 15 is 0 Å². The zero-order valence-corrected chi connectivity index (χ0v) is 12.8. The summed E-state index contributed by atoms with van der Waals surface area (Å²) in [4.78, 5) is 14.6. The van der Waals surface area contributed by atoms with E-state index < -0.39 is 0 Å².